The number of amides is 2. The van der Waals surface area contributed by atoms with E-state index in [2.05, 4.69) is 15.3 Å². The van der Waals surface area contributed by atoms with Crippen molar-refractivity contribution in [1.82, 2.24) is 20.2 Å². The molecular weight excluding hydrogens is 563 g/mol. The number of nitrogens with zero attached hydrogens (tertiary/aromatic N) is 5. The number of halogens is 5. The van der Waals surface area contributed by atoms with Crippen molar-refractivity contribution in [2.45, 2.75) is 54.8 Å². The first kappa shape index (κ1) is 28.0. The number of carbonyl (C=O) groups is 2. The lowest BCUT2D eigenvalue weighted by Crippen LogP contribution is -2.52. The molecule has 2 amide bonds. The Hall–Kier alpha value is -3.55. The lowest BCUT2D eigenvalue weighted by atomic mass is 10.0. The first-order valence-corrected chi connectivity index (χ1v) is 14.0. The maximum absolute atomic E-state index is 14.1. The summed E-state index contributed by atoms with van der Waals surface area (Å²) in [6, 6.07) is -3.60. The van der Waals surface area contributed by atoms with Gasteiger partial charge in [-0.2, -0.15) is 5.26 Å². The second-order valence-corrected chi connectivity index (χ2v) is 12.3. The zero-order chi connectivity index (χ0) is 30.3. The van der Waals surface area contributed by atoms with Crippen LogP contribution in [-0.4, -0.2) is 69.2 Å². The maximum Gasteiger partial charge on any atom is 0.310 e. The molecule has 0 aliphatic carbocycles. The molecule has 0 spiro atoms. The van der Waals surface area contributed by atoms with Crippen molar-refractivity contribution >= 4 is 27.7 Å². The zero-order valence-corrected chi connectivity index (χ0v) is 22.0. The molecule has 2 N–H and O–H groups in total. The van der Waals surface area contributed by atoms with Gasteiger partial charge in [0.05, 0.1) is 25.4 Å². The summed E-state index contributed by atoms with van der Waals surface area (Å²) in [7, 11) is -10.1. The van der Waals surface area contributed by atoms with Crippen LogP contribution in [0.4, 0.5) is 25.1 Å². The summed E-state index contributed by atoms with van der Waals surface area (Å²) in [5.74, 6) is -2.24. The van der Waals surface area contributed by atoms with Gasteiger partial charge in [-0.3, -0.25) is 29.4 Å². The topological polar surface area (TPSA) is 132 Å². The lowest BCUT2D eigenvalue weighted by Gasteiger charge is -2.41. The van der Waals surface area contributed by atoms with Crippen molar-refractivity contribution in [1.29, 1.82) is 5.26 Å². The normalized spacial score (nSPS) is 25.5. The van der Waals surface area contributed by atoms with Crippen LogP contribution in [0.5, 0.6) is 0 Å². The second kappa shape index (κ2) is 9.82. The van der Waals surface area contributed by atoms with Gasteiger partial charge in [-0.1, -0.05) is 19.4 Å². The third kappa shape index (κ3) is 6.60. The van der Waals surface area contributed by atoms with E-state index in [1.54, 1.807) is 6.19 Å². The molecule has 218 valence electrons. The summed E-state index contributed by atoms with van der Waals surface area (Å²) in [5, 5.41) is 22.8. The fourth-order valence-corrected chi connectivity index (χ4v) is 5.26. The number of aromatic nitrogens is 2. The summed E-state index contributed by atoms with van der Waals surface area (Å²) in [6.07, 6.45) is 5.51. The van der Waals surface area contributed by atoms with Gasteiger partial charge < -0.3 is 15.2 Å². The van der Waals surface area contributed by atoms with Gasteiger partial charge in [-0.15, -0.1) is 0 Å². The quantitative estimate of drug-likeness (QED) is 0.367. The van der Waals surface area contributed by atoms with Crippen LogP contribution >= 0.6 is 10.2 Å². The van der Waals surface area contributed by atoms with Gasteiger partial charge in [0.15, 0.2) is 12.2 Å². The Morgan fingerprint density at radius 3 is 2.45 bits per heavy atom. The molecule has 2 fully saturated rings. The molecular formula is C24H27F5N6O4S. The average molecular weight is 592 g/mol. The molecule has 3 heterocycles. The molecule has 1 unspecified atom stereocenters. The predicted octanol–water partition coefficient (Wildman–Crippen LogP) is 3.81. The molecule has 1 aromatic heterocycles. The maximum atomic E-state index is 14.1. The van der Waals surface area contributed by atoms with Crippen LogP contribution in [0.3, 0.4) is 0 Å². The van der Waals surface area contributed by atoms with E-state index in [1.165, 1.54) is 13.1 Å². The number of nitrogens with one attached hydrogen (secondary N) is 1. The minimum Gasteiger partial charge on any atom is -0.388 e. The van der Waals surface area contributed by atoms with Gasteiger partial charge in [0.25, 0.3) is 5.91 Å². The number of ether oxygens (including phenoxy) is 1. The molecule has 2 aliphatic heterocycles. The third-order valence-electron chi connectivity index (χ3n) is 6.50. The number of benzene rings is 1. The smallest absolute Gasteiger partial charge is 0.310 e. The van der Waals surface area contributed by atoms with Crippen LogP contribution < -0.4 is 10.2 Å². The van der Waals surface area contributed by atoms with Gasteiger partial charge in [0.1, 0.15) is 10.9 Å². The van der Waals surface area contributed by atoms with Crippen LogP contribution in [0, 0.1) is 11.5 Å². The Bertz CT molecular complexity index is 1360. The largest absolute Gasteiger partial charge is 0.388 e. The molecule has 16 heteroatoms. The van der Waals surface area contributed by atoms with E-state index in [4.69, 9.17) is 4.74 Å². The summed E-state index contributed by atoms with van der Waals surface area (Å²) in [6.45, 7) is 1.66. The number of β-amino-alcohol motifs (C(OH)–C–C–N with tert-alkyl or cyclic N) is 1. The minimum absolute atomic E-state index is 0.0531. The highest BCUT2D eigenvalue weighted by atomic mass is 32.5. The second-order valence-electron chi connectivity index (χ2n) is 9.88. The van der Waals surface area contributed by atoms with E-state index in [9.17, 15) is 40.8 Å². The number of hydrogen-bond donors (Lipinski definition) is 2. The molecule has 0 radical (unpaired) electrons. The van der Waals surface area contributed by atoms with Gasteiger partial charge in [-0.25, -0.2) is 0 Å². The molecule has 40 heavy (non-hydrogen) atoms. The van der Waals surface area contributed by atoms with Crippen molar-refractivity contribution < 1.29 is 40.2 Å². The van der Waals surface area contributed by atoms with Crippen molar-refractivity contribution in [2.24, 2.45) is 0 Å². The fourth-order valence-electron chi connectivity index (χ4n) is 4.61. The van der Waals surface area contributed by atoms with Crippen molar-refractivity contribution in [3.05, 3.63) is 48.5 Å². The number of nitriles is 1. The van der Waals surface area contributed by atoms with Crippen LogP contribution in [0.1, 0.15) is 39.3 Å². The van der Waals surface area contributed by atoms with Crippen LogP contribution in [0.25, 0.3) is 0 Å². The molecule has 10 nitrogen and oxygen atoms in total. The monoisotopic (exact) mass is 591 g/mol. The molecule has 1 aromatic carbocycles. The van der Waals surface area contributed by atoms with E-state index < -0.39 is 62.0 Å². The number of carbonyl (C=O) groups excluding carboxylic acids is 2. The fraction of sp³-hybridized carbons (Fsp3) is 0.458. The third-order valence-corrected chi connectivity index (χ3v) is 7.66. The highest BCUT2D eigenvalue weighted by Crippen LogP contribution is 3.02. The Labute approximate surface area is 227 Å². The van der Waals surface area contributed by atoms with E-state index in [0.717, 1.165) is 17.3 Å². The first-order valence-electron chi connectivity index (χ1n) is 12.6. The van der Waals surface area contributed by atoms with Gasteiger partial charge in [0, 0.05) is 43.8 Å². The Morgan fingerprint density at radius 1 is 1.25 bits per heavy atom. The van der Waals surface area contributed by atoms with Gasteiger partial charge >= 0.3 is 10.2 Å². The molecule has 2 saturated heterocycles. The standard InChI is InChI=1S/C24H27F5N6O4S/c1-24(38)12-20(34(14-24)15-30)23(37)35(17-2-4-18(5-3-17)40(25,26,27,28)29)21(19-13-31-8-9-32-19)22(36)33-16-6-10-39-11-7-16/h2-5,8-9,13,16,20-21,38H,6-7,10-12,14H2,1H3,(H,33,36)/t20-,21?,24-/m1/s1/i21D. The molecule has 2 aliphatic rings. The Morgan fingerprint density at radius 2 is 1.90 bits per heavy atom. The van der Waals surface area contributed by atoms with Crippen molar-refractivity contribution in [3.63, 3.8) is 0 Å². The summed E-state index contributed by atoms with van der Waals surface area (Å²) < 4.78 is 82.0. The predicted molar refractivity (Wildman–Crippen MR) is 133 cm³/mol. The SMILES string of the molecule is [2H]C(C(=O)NC1CCOCC1)(c1cnccn1)N(C(=O)[C@H]1C[C@@](C)(O)CN1C#N)c1ccc(S(F)(F)(F)(F)F)cc1. The number of likely N-dealkylation sites (tertiary alicyclic amines) is 1. The highest BCUT2D eigenvalue weighted by molar-refractivity contribution is 8.45. The van der Waals surface area contributed by atoms with Gasteiger partial charge in [0.2, 0.25) is 5.91 Å². The highest BCUT2D eigenvalue weighted by Gasteiger charge is 2.65. The van der Waals surface area contributed by atoms with Crippen LogP contribution in [0.15, 0.2) is 47.8 Å². The molecule has 0 bridgehead atoms. The van der Waals surface area contributed by atoms with E-state index >= 15 is 0 Å². The Balaban J connectivity index is 1.89. The first-order chi connectivity index (χ1) is 18.9. The van der Waals surface area contributed by atoms with Crippen molar-refractivity contribution in [3.8, 4) is 6.19 Å². The van der Waals surface area contributed by atoms with E-state index in [1.807, 2.05) is 0 Å². The number of aliphatic hydroxyl groups is 1. The Kier molecular flexibility index (Phi) is 6.87. The number of anilines is 1. The van der Waals surface area contributed by atoms with Crippen molar-refractivity contribution in [2.75, 3.05) is 24.7 Å². The summed E-state index contributed by atoms with van der Waals surface area (Å²) in [4.78, 5) is 35.0. The van der Waals surface area contributed by atoms with E-state index in [0.29, 0.717) is 43.1 Å². The summed E-state index contributed by atoms with van der Waals surface area (Å²) in [5.41, 5.74) is -2.49. The minimum atomic E-state index is -10.1. The number of hydrogen-bond acceptors (Lipinski definition) is 8. The van der Waals surface area contributed by atoms with Crippen LogP contribution in [0.2, 0.25) is 0 Å². The average Bonchev–Trinajstić information content (AvgIpc) is 3.23. The molecule has 0 saturated carbocycles. The van der Waals surface area contributed by atoms with Crippen LogP contribution in [-0.2, 0) is 14.3 Å². The number of rotatable bonds is 7. The summed E-state index contributed by atoms with van der Waals surface area (Å²) >= 11 is 0. The molecule has 4 rings (SSSR count). The van der Waals surface area contributed by atoms with Gasteiger partial charge in [-0.05, 0) is 44.0 Å². The van der Waals surface area contributed by atoms with E-state index in [-0.39, 0.29) is 25.1 Å². The lowest BCUT2D eigenvalue weighted by molar-refractivity contribution is -0.129. The molecule has 3 atom stereocenters. The zero-order valence-electron chi connectivity index (χ0n) is 22.1. The molecule has 2 aromatic rings.